The van der Waals surface area contributed by atoms with E-state index in [4.69, 9.17) is 17.3 Å². The number of aryl methyl sites for hydroxylation is 1. The summed E-state index contributed by atoms with van der Waals surface area (Å²) in [6.07, 6.45) is 2.65. The van der Waals surface area contributed by atoms with Gasteiger partial charge >= 0.3 is 0 Å². The van der Waals surface area contributed by atoms with Gasteiger partial charge in [0.25, 0.3) is 0 Å². The second kappa shape index (κ2) is 3.95. The number of anilines is 1. The van der Waals surface area contributed by atoms with Gasteiger partial charge in [-0.25, -0.2) is 4.68 Å². The van der Waals surface area contributed by atoms with Crippen LogP contribution in [0.5, 0.6) is 0 Å². The van der Waals surface area contributed by atoms with Crippen LogP contribution in [0, 0.1) is 0 Å². The predicted molar refractivity (Wildman–Crippen MR) is 62.4 cm³/mol. The summed E-state index contributed by atoms with van der Waals surface area (Å²) in [6, 6.07) is 7.51. The van der Waals surface area contributed by atoms with Crippen LogP contribution in [0.3, 0.4) is 0 Å². The van der Waals surface area contributed by atoms with Crippen molar-refractivity contribution in [2.45, 2.75) is 13.3 Å². The minimum atomic E-state index is 0.648. The number of hydrogen-bond donors (Lipinski definition) is 1. The van der Waals surface area contributed by atoms with E-state index in [0.717, 1.165) is 17.7 Å². The zero-order chi connectivity index (χ0) is 10.8. The molecule has 0 atom stereocenters. The molecule has 0 amide bonds. The van der Waals surface area contributed by atoms with E-state index in [9.17, 15) is 0 Å². The van der Waals surface area contributed by atoms with Gasteiger partial charge in [0.1, 0.15) is 5.82 Å². The largest absolute Gasteiger partial charge is 0.383 e. The molecule has 0 saturated carbocycles. The highest BCUT2D eigenvalue weighted by atomic mass is 35.5. The van der Waals surface area contributed by atoms with Crippen LogP contribution in [0.15, 0.2) is 30.5 Å². The predicted octanol–water partition coefficient (Wildman–Crippen LogP) is 2.67. The van der Waals surface area contributed by atoms with Crippen LogP contribution in [0.4, 0.5) is 5.82 Å². The molecule has 0 saturated heterocycles. The number of rotatable bonds is 2. The molecule has 0 aliphatic rings. The highest BCUT2D eigenvalue weighted by molar-refractivity contribution is 6.32. The Kier molecular flexibility index (Phi) is 2.64. The third-order valence-corrected chi connectivity index (χ3v) is 2.67. The Bertz CT molecular complexity index is 476. The number of hydrogen-bond acceptors (Lipinski definition) is 2. The number of para-hydroxylation sites is 1. The van der Waals surface area contributed by atoms with Crippen molar-refractivity contribution in [2.75, 3.05) is 5.73 Å². The van der Waals surface area contributed by atoms with E-state index in [1.807, 2.05) is 31.2 Å². The van der Waals surface area contributed by atoms with Gasteiger partial charge in [0.05, 0.1) is 16.9 Å². The molecule has 15 heavy (non-hydrogen) atoms. The summed E-state index contributed by atoms with van der Waals surface area (Å²) in [5.41, 5.74) is 7.81. The maximum Gasteiger partial charge on any atom is 0.130 e. The molecule has 0 aliphatic heterocycles. The van der Waals surface area contributed by atoms with E-state index in [0.29, 0.717) is 10.8 Å². The van der Waals surface area contributed by atoms with Gasteiger partial charge in [-0.2, -0.15) is 5.10 Å². The lowest BCUT2D eigenvalue weighted by atomic mass is 10.2. The van der Waals surface area contributed by atoms with Gasteiger partial charge in [0, 0.05) is 5.56 Å². The monoisotopic (exact) mass is 221 g/mol. The Hall–Kier alpha value is -1.48. The lowest BCUT2D eigenvalue weighted by Gasteiger charge is -2.06. The molecule has 0 radical (unpaired) electrons. The maximum atomic E-state index is 6.07. The minimum absolute atomic E-state index is 0.648. The van der Waals surface area contributed by atoms with Crippen LogP contribution in [0.2, 0.25) is 5.02 Å². The zero-order valence-corrected chi connectivity index (χ0v) is 9.20. The molecular formula is C11H12ClN3. The molecule has 4 heteroatoms. The van der Waals surface area contributed by atoms with Crippen LogP contribution in [-0.4, -0.2) is 9.78 Å². The van der Waals surface area contributed by atoms with Crippen LogP contribution in [0.25, 0.3) is 5.69 Å². The van der Waals surface area contributed by atoms with Crippen LogP contribution in [0.1, 0.15) is 12.5 Å². The van der Waals surface area contributed by atoms with E-state index in [-0.39, 0.29) is 0 Å². The van der Waals surface area contributed by atoms with Gasteiger partial charge in [-0.1, -0.05) is 30.7 Å². The van der Waals surface area contributed by atoms with Crippen molar-refractivity contribution in [2.24, 2.45) is 0 Å². The van der Waals surface area contributed by atoms with Crippen LogP contribution < -0.4 is 5.73 Å². The first kappa shape index (κ1) is 10.1. The molecule has 1 heterocycles. The fourth-order valence-electron chi connectivity index (χ4n) is 1.48. The lowest BCUT2D eigenvalue weighted by Crippen LogP contribution is -2.03. The molecule has 1 aromatic heterocycles. The first-order valence-corrected chi connectivity index (χ1v) is 5.19. The summed E-state index contributed by atoms with van der Waals surface area (Å²) in [5.74, 6) is 0.658. The maximum absolute atomic E-state index is 6.07. The van der Waals surface area contributed by atoms with Gasteiger partial charge in [-0.15, -0.1) is 0 Å². The van der Waals surface area contributed by atoms with E-state index < -0.39 is 0 Å². The summed E-state index contributed by atoms with van der Waals surface area (Å²) >= 11 is 6.07. The topological polar surface area (TPSA) is 43.8 Å². The summed E-state index contributed by atoms with van der Waals surface area (Å²) in [4.78, 5) is 0. The van der Waals surface area contributed by atoms with Gasteiger partial charge in [-0.05, 0) is 18.6 Å². The zero-order valence-electron chi connectivity index (χ0n) is 8.44. The van der Waals surface area contributed by atoms with Crippen molar-refractivity contribution in [3.05, 3.63) is 41.0 Å². The number of halogens is 1. The van der Waals surface area contributed by atoms with E-state index in [2.05, 4.69) is 5.10 Å². The van der Waals surface area contributed by atoms with Crippen molar-refractivity contribution >= 4 is 17.4 Å². The van der Waals surface area contributed by atoms with E-state index in [1.54, 1.807) is 10.9 Å². The van der Waals surface area contributed by atoms with Gasteiger partial charge < -0.3 is 5.73 Å². The van der Waals surface area contributed by atoms with Crippen LogP contribution in [-0.2, 0) is 6.42 Å². The third-order valence-electron chi connectivity index (χ3n) is 2.35. The Morgan fingerprint density at radius 1 is 1.40 bits per heavy atom. The summed E-state index contributed by atoms with van der Waals surface area (Å²) < 4.78 is 1.67. The Morgan fingerprint density at radius 2 is 2.13 bits per heavy atom. The standard InChI is InChI=1S/C11H12ClN3/c1-2-8-7-14-15(11(8)13)10-6-4-3-5-9(10)12/h3-7H,2,13H2,1H3. The smallest absolute Gasteiger partial charge is 0.130 e. The average molecular weight is 222 g/mol. The number of nitrogens with zero attached hydrogens (tertiary/aromatic N) is 2. The molecule has 2 aromatic rings. The average Bonchev–Trinajstić information content (AvgIpc) is 2.60. The number of aromatic nitrogens is 2. The fraction of sp³-hybridized carbons (Fsp3) is 0.182. The van der Waals surface area contributed by atoms with E-state index in [1.165, 1.54) is 0 Å². The Balaban J connectivity index is 2.55. The molecule has 2 rings (SSSR count). The SMILES string of the molecule is CCc1cnn(-c2ccccc2Cl)c1N. The van der Waals surface area contributed by atoms with Crippen LogP contribution >= 0.6 is 11.6 Å². The molecule has 0 unspecified atom stereocenters. The Morgan fingerprint density at radius 3 is 2.73 bits per heavy atom. The first-order chi connectivity index (χ1) is 7.24. The normalized spacial score (nSPS) is 10.5. The summed E-state index contributed by atoms with van der Waals surface area (Å²) in [7, 11) is 0. The van der Waals surface area contributed by atoms with Crippen molar-refractivity contribution < 1.29 is 0 Å². The molecule has 2 N–H and O–H groups in total. The number of nitrogens with two attached hydrogens (primary N) is 1. The molecule has 78 valence electrons. The van der Waals surface area contributed by atoms with Gasteiger partial charge in [0.2, 0.25) is 0 Å². The van der Waals surface area contributed by atoms with Crippen molar-refractivity contribution in [3.63, 3.8) is 0 Å². The second-order valence-electron chi connectivity index (χ2n) is 3.27. The lowest BCUT2D eigenvalue weighted by molar-refractivity contribution is 0.891. The molecule has 0 aliphatic carbocycles. The third kappa shape index (κ3) is 1.70. The van der Waals surface area contributed by atoms with Gasteiger partial charge in [-0.3, -0.25) is 0 Å². The highest BCUT2D eigenvalue weighted by Crippen LogP contribution is 2.23. The number of benzene rings is 1. The fourth-order valence-corrected chi connectivity index (χ4v) is 1.70. The minimum Gasteiger partial charge on any atom is -0.383 e. The second-order valence-corrected chi connectivity index (χ2v) is 3.68. The molecule has 0 spiro atoms. The molecule has 3 nitrogen and oxygen atoms in total. The Labute approximate surface area is 93.5 Å². The molecule has 1 aromatic carbocycles. The van der Waals surface area contributed by atoms with Crippen molar-refractivity contribution in [1.29, 1.82) is 0 Å². The van der Waals surface area contributed by atoms with E-state index >= 15 is 0 Å². The molecule has 0 fully saturated rings. The molecular weight excluding hydrogens is 210 g/mol. The quantitative estimate of drug-likeness (QED) is 0.848. The van der Waals surface area contributed by atoms with Crippen molar-refractivity contribution in [3.8, 4) is 5.69 Å². The number of nitrogen functional groups attached to an aromatic ring is 1. The van der Waals surface area contributed by atoms with Crippen molar-refractivity contribution in [1.82, 2.24) is 9.78 Å². The first-order valence-electron chi connectivity index (χ1n) is 4.81. The molecule has 0 bridgehead atoms. The summed E-state index contributed by atoms with van der Waals surface area (Å²) in [6.45, 7) is 2.05. The van der Waals surface area contributed by atoms with Gasteiger partial charge in [0.15, 0.2) is 0 Å². The summed E-state index contributed by atoms with van der Waals surface area (Å²) in [5, 5.41) is 4.87. The highest BCUT2D eigenvalue weighted by Gasteiger charge is 2.09.